The van der Waals surface area contributed by atoms with E-state index < -0.39 is 0 Å². The number of para-hydroxylation sites is 2. The zero-order valence-electron chi connectivity index (χ0n) is 22.4. The van der Waals surface area contributed by atoms with Crippen molar-refractivity contribution in [2.75, 3.05) is 5.32 Å². The Hall–Kier alpha value is -3.51. The molecule has 1 unspecified atom stereocenters. The lowest BCUT2D eigenvalue weighted by Gasteiger charge is -2.39. The molecule has 1 amide bonds. The molecule has 3 atom stereocenters. The van der Waals surface area contributed by atoms with Gasteiger partial charge in [0.15, 0.2) is 5.50 Å². The van der Waals surface area contributed by atoms with Crippen LogP contribution in [0.2, 0.25) is 0 Å². The Labute approximate surface area is 233 Å². The Bertz CT molecular complexity index is 1530. The van der Waals surface area contributed by atoms with Crippen LogP contribution in [0.5, 0.6) is 0 Å². The first-order chi connectivity index (χ1) is 19.0. The van der Waals surface area contributed by atoms with Crippen LogP contribution in [0.4, 0.5) is 10.1 Å². The van der Waals surface area contributed by atoms with Crippen molar-refractivity contribution in [1.82, 2.24) is 9.47 Å². The normalized spacial score (nSPS) is 22.6. The summed E-state index contributed by atoms with van der Waals surface area (Å²) >= 11 is 1.61. The molecule has 2 heterocycles. The number of amides is 1. The molecule has 3 aromatic carbocycles. The van der Waals surface area contributed by atoms with Crippen molar-refractivity contribution in [3.63, 3.8) is 0 Å². The Kier molecular flexibility index (Phi) is 7.22. The summed E-state index contributed by atoms with van der Waals surface area (Å²) in [6.07, 6.45) is 6.67. The van der Waals surface area contributed by atoms with Gasteiger partial charge < -0.3 is 14.8 Å². The highest BCUT2D eigenvalue weighted by atomic mass is 32.2. The van der Waals surface area contributed by atoms with Crippen molar-refractivity contribution < 1.29 is 9.18 Å². The number of thioether (sulfide) groups is 1. The van der Waals surface area contributed by atoms with Crippen LogP contribution in [0, 0.1) is 18.7 Å². The van der Waals surface area contributed by atoms with Crippen LogP contribution in [0.15, 0.2) is 83.8 Å². The molecule has 0 spiro atoms. The van der Waals surface area contributed by atoms with E-state index in [0.29, 0.717) is 12.5 Å². The molecular formula is C33H34FN3OS. The SMILES string of the molecule is Cc1c(/C=C2\SC(Nc3ccccc3)N([C@@H]3CCCC[C@@H]3C)C2=O)c2ccccc2n1Cc1cccc(F)c1. The molecule has 1 N–H and O–H groups in total. The van der Waals surface area contributed by atoms with Gasteiger partial charge in [-0.25, -0.2) is 4.39 Å². The summed E-state index contributed by atoms with van der Waals surface area (Å²) in [5.74, 6) is 0.345. The van der Waals surface area contributed by atoms with E-state index in [1.165, 1.54) is 12.5 Å². The number of anilines is 1. The molecule has 1 saturated carbocycles. The van der Waals surface area contributed by atoms with Gasteiger partial charge in [0, 0.05) is 40.4 Å². The van der Waals surface area contributed by atoms with Gasteiger partial charge in [-0.1, -0.05) is 80.1 Å². The maximum absolute atomic E-state index is 14.1. The summed E-state index contributed by atoms with van der Waals surface area (Å²) in [6.45, 7) is 4.95. The van der Waals surface area contributed by atoms with Gasteiger partial charge in [0.05, 0.1) is 4.91 Å². The van der Waals surface area contributed by atoms with Gasteiger partial charge in [0.1, 0.15) is 5.82 Å². The number of nitrogens with zero attached hydrogens (tertiary/aromatic N) is 2. The molecule has 2 aliphatic rings. The molecule has 0 radical (unpaired) electrons. The van der Waals surface area contributed by atoms with E-state index in [0.717, 1.165) is 57.6 Å². The summed E-state index contributed by atoms with van der Waals surface area (Å²) in [5, 5.41) is 4.74. The minimum atomic E-state index is -0.231. The fourth-order valence-corrected chi connectivity index (χ4v) is 7.35. The quantitative estimate of drug-likeness (QED) is 0.252. The molecule has 1 aliphatic heterocycles. The zero-order chi connectivity index (χ0) is 26.9. The minimum absolute atomic E-state index is 0.105. The molecule has 6 heteroatoms. The molecule has 1 aliphatic carbocycles. The van der Waals surface area contributed by atoms with Crippen molar-refractivity contribution in [2.24, 2.45) is 5.92 Å². The first-order valence-corrected chi connectivity index (χ1v) is 14.7. The number of fused-ring (bicyclic) bond motifs is 1. The lowest BCUT2D eigenvalue weighted by Crippen LogP contribution is -2.48. The number of hydrogen-bond acceptors (Lipinski definition) is 3. The molecule has 6 rings (SSSR count). The third kappa shape index (κ3) is 5.10. The highest BCUT2D eigenvalue weighted by Gasteiger charge is 2.43. The Morgan fingerprint density at radius 2 is 1.77 bits per heavy atom. The van der Waals surface area contributed by atoms with Crippen LogP contribution in [0.25, 0.3) is 17.0 Å². The standard InChI is InChI=1S/C33H34FN3OS/c1-22-11-6-8-17-29(22)37-32(38)31(39-33(37)35-26-14-4-3-5-15-26)20-28-23(2)36(30-18-9-7-16-27(28)30)21-24-12-10-13-25(34)19-24/h3-5,7,9-10,12-16,18-20,22,29,33,35H,6,8,11,17,21H2,1-2H3/b31-20-/t22-,29+,33?/m0/s1. The number of rotatable bonds is 6. The van der Waals surface area contributed by atoms with Crippen molar-refractivity contribution in [3.05, 3.63) is 106 Å². The topological polar surface area (TPSA) is 37.3 Å². The lowest BCUT2D eigenvalue weighted by molar-refractivity contribution is -0.129. The molecular weight excluding hydrogens is 505 g/mol. The second kappa shape index (κ2) is 10.9. The fourth-order valence-electron chi connectivity index (χ4n) is 6.16. The van der Waals surface area contributed by atoms with E-state index in [-0.39, 0.29) is 23.3 Å². The largest absolute Gasteiger partial charge is 0.356 e. The van der Waals surface area contributed by atoms with Crippen molar-refractivity contribution >= 4 is 40.3 Å². The fraction of sp³-hybridized carbons (Fsp3) is 0.303. The Morgan fingerprint density at radius 3 is 2.56 bits per heavy atom. The molecule has 1 aromatic heterocycles. The molecule has 200 valence electrons. The molecule has 0 bridgehead atoms. The third-order valence-corrected chi connectivity index (χ3v) is 9.32. The first-order valence-electron chi connectivity index (χ1n) is 13.8. The summed E-state index contributed by atoms with van der Waals surface area (Å²) < 4.78 is 16.2. The van der Waals surface area contributed by atoms with E-state index in [1.54, 1.807) is 23.9 Å². The maximum atomic E-state index is 14.1. The molecule has 4 aromatic rings. The molecule has 1 saturated heterocycles. The number of carbonyl (C=O) groups is 1. The molecule has 4 nitrogen and oxygen atoms in total. The number of aromatic nitrogens is 1. The summed E-state index contributed by atoms with van der Waals surface area (Å²) in [5.41, 5.74) is 4.97. The second-order valence-corrected chi connectivity index (χ2v) is 11.9. The van der Waals surface area contributed by atoms with Crippen LogP contribution in [-0.2, 0) is 11.3 Å². The number of carbonyl (C=O) groups excluding carboxylic acids is 1. The number of hydrogen-bond donors (Lipinski definition) is 1. The smallest absolute Gasteiger partial charge is 0.262 e. The maximum Gasteiger partial charge on any atom is 0.262 e. The highest BCUT2D eigenvalue weighted by Crippen LogP contribution is 2.43. The average Bonchev–Trinajstić information content (AvgIpc) is 3.38. The van der Waals surface area contributed by atoms with Gasteiger partial charge in [-0.3, -0.25) is 4.79 Å². The van der Waals surface area contributed by atoms with Gasteiger partial charge in [0.2, 0.25) is 0 Å². The Morgan fingerprint density at radius 1 is 1.00 bits per heavy atom. The zero-order valence-corrected chi connectivity index (χ0v) is 23.3. The van der Waals surface area contributed by atoms with Crippen LogP contribution < -0.4 is 5.32 Å². The van der Waals surface area contributed by atoms with Crippen LogP contribution >= 0.6 is 11.8 Å². The minimum Gasteiger partial charge on any atom is -0.356 e. The summed E-state index contributed by atoms with van der Waals surface area (Å²) in [4.78, 5) is 17.0. The summed E-state index contributed by atoms with van der Waals surface area (Å²) in [6, 6.07) is 25.4. The monoisotopic (exact) mass is 539 g/mol. The van der Waals surface area contributed by atoms with Crippen LogP contribution in [-0.4, -0.2) is 26.9 Å². The van der Waals surface area contributed by atoms with Gasteiger partial charge in [-0.05, 0) is 67.7 Å². The van der Waals surface area contributed by atoms with Gasteiger partial charge in [-0.15, -0.1) is 0 Å². The summed E-state index contributed by atoms with van der Waals surface area (Å²) in [7, 11) is 0. The van der Waals surface area contributed by atoms with E-state index in [1.807, 2.05) is 36.4 Å². The van der Waals surface area contributed by atoms with Gasteiger partial charge >= 0.3 is 0 Å². The number of nitrogens with one attached hydrogen (secondary N) is 1. The number of benzene rings is 3. The van der Waals surface area contributed by atoms with E-state index in [2.05, 4.69) is 59.0 Å². The van der Waals surface area contributed by atoms with E-state index >= 15 is 0 Å². The van der Waals surface area contributed by atoms with Crippen LogP contribution in [0.1, 0.15) is 49.4 Å². The Balaban J connectivity index is 1.39. The van der Waals surface area contributed by atoms with E-state index in [4.69, 9.17) is 0 Å². The average molecular weight is 540 g/mol. The third-order valence-electron chi connectivity index (χ3n) is 8.21. The van der Waals surface area contributed by atoms with Gasteiger partial charge in [-0.2, -0.15) is 0 Å². The van der Waals surface area contributed by atoms with Crippen LogP contribution in [0.3, 0.4) is 0 Å². The predicted molar refractivity (Wildman–Crippen MR) is 160 cm³/mol. The molecule has 39 heavy (non-hydrogen) atoms. The second-order valence-electron chi connectivity index (χ2n) is 10.8. The van der Waals surface area contributed by atoms with Gasteiger partial charge in [0.25, 0.3) is 5.91 Å². The number of halogens is 1. The van der Waals surface area contributed by atoms with Crippen molar-refractivity contribution in [1.29, 1.82) is 0 Å². The predicted octanol–water partition coefficient (Wildman–Crippen LogP) is 8.03. The lowest BCUT2D eigenvalue weighted by atomic mass is 9.85. The molecule has 2 fully saturated rings. The highest BCUT2D eigenvalue weighted by molar-refractivity contribution is 8.05. The first kappa shape index (κ1) is 25.8. The van der Waals surface area contributed by atoms with E-state index in [9.17, 15) is 9.18 Å². The van der Waals surface area contributed by atoms with Crippen molar-refractivity contribution in [3.8, 4) is 0 Å². The van der Waals surface area contributed by atoms with Crippen molar-refractivity contribution in [2.45, 2.75) is 57.6 Å².